The van der Waals surface area contributed by atoms with Crippen molar-refractivity contribution in [1.82, 2.24) is 4.98 Å². The molecule has 0 bridgehead atoms. The Bertz CT molecular complexity index is 416. The van der Waals surface area contributed by atoms with Gasteiger partial charge in [-0.3, -0.25) is 4.98 Å². The van der Waals surface area contributed by atoms with Crippen LogP contribution in [0.3, 0.4) is 0 Å². The molecule has 0 saturated carbocycles. The molecule has 1 unspecified atom stereocenters. The van der Waals surface area contributed by atoms with Gasteiger partial charge in [0.05, 0.1) is 6.20 Å². The van der Waals surface area contributed by atoms with E-state index < -0.39 is 0 Å². The second-order valence-corrected chi connectivity index (χ2v) is 3.44. The van der Waals surface area contributed by atoms with E-state index in [1.165, 1.54) is 0 Å². The highest BCUT2D eigenvalue weighted by molar-refractivity contribution is 5.22. The van der Waals surface area contributed by atoms with Crippen molar-refractivity contribution < 1.29 is 4.74 Å². The molecule has 0 aliphatic carbocycles. The Labute approximate surface area is 94.9 Å². The number of benzene rings is 1. The summed E-state index contributed by atoms with van der Waals surface area (Å²) < 4.78 is 5.76. The van der Waals surface area contributed by atoms with E-state index in [2.05, 4.69) is 4.98 Å². The predicted octanol–water partition coefficient (Wildman–Crippen LogP) is 2.16. The van der Waals surface area contributed by atoms with Crippen LogP contribution < -0.4 is 10.5 Å². The number of aromatic nitrogens is 1. The lowest BCUT2D eigenvalue weighted by Crippen LogP contribution is -2.18. The zero-order valence-electron chi connectivity index (χ0n) is 8.91. The minimum Gasteiger partial charge on any atom is -0.483 e. The fourth-order valence-corrected chi connectivity index (χ4v) is 1.50. The average Bonchev–Trinajstić information content (AvgIpc) is 2.38. The molecule has 0 amide bonds. The fourth-order valence-electron chi connectivity index (χ4n) is 1.50. The second kappa shape index (κ2) is 5.28. The Morgan fingerprint density at radius 1 is 1.12 bits per heavy atom. The molecular weight excluding hydrogens is 200 g/mol. The number of nitrogens with two attached hydrogens (primary N) is 1. The van der Waals surface area contributed by atoms with Crippen LogP contribution in [0.15, 0.2) is 54.9 Å². The van der Waals surface area contributed by atoms with Gasteiger partial charge in [0.2, 0.25) is 0 Å². The van der Waals surface area contributed by atoms with Crippen LogP contribution >= 0.6 is 0 Å². The predicted molar refractivity (Wildman–Crippen MR) is 63.1 cm³/mol. The standard InChI is InChI=1S/C13H14N2O/c14-9-13(11-5-2-1-3-6-11)16-12-7-4-8-15-10-12/h1-8,10,13H,9,14H2. The van der Waals surface area contributed by atoms with Crippen molar-refractivity contribution >= 4 is 0 Å². The molecule has 1 aromatic carbocycles. The third-order valence-corrected chi connectivity index (χ3v) is 2.30. The fraction of sp³-hybridized carbons (Fsp3) is 0.154. The smallest absolute Gasteiger partial charge is 0.138 e. The van der Waals surface area contributed by atoms with E-state index >= 15 is 0 Å². The van der Waals surface area contributed by atoms with Gasteiger partial charge in [-0.15, -0.1) is 0 Å². The van der Waals surface area contributed by atoms with Gasteiger partial charge in [-0.1, -0.05) is 30.3 Å². The first kappa shape index (κ1) is 10.6. The number of hydrogen-bond donors (Lipinski definition) is 1. The molecule has 0 saturated heterocycles. The number of ether oxygens (including phenoxy) is 1. The maximum atomic E-state index is 5.76. The maximum absolute atomic E-state index is 5.76. The summed E-state index contributed by atoms with van der Waals surface area (Å²) in [4.78, 5) is 4.00. The highest BCUT2D eigenvalue weighted by atomic mass is 16.5. The first-order valence-corrected chi connectivity index (χ1v) is 5.22. The van der Waals surface area contributed by atoms with Crippen molar-refractivity contribution in [2.75, 3.05) is 6.54 Å². The summed E-state index contributed by atoms with van der Waals surface area (Å²) in [6, 6.07) is 13.7. The minimum absolute atomic E-state index is 0.120. The third-order valence-electron chi connectivity index (χ3n) is 2.30. The molecule has 0 spiro atoms. The van der Waals surface area contributed by atoms with Crippen molar-refractivity contribution in [1.29, 1.82) is 0 Å². The van der Waals surface area contributed by atoms with Gasteiger partial charge in [0, 0.05) is 12.7 Å². The van der Waals surface area contributed by atoms with Crippen LogP contribution in [0.5, 0.6) is 5.75 Å². The van der Waals surface area contributed by atoms with Gasteiger partial charge in [-0.05, 0) is 17.7 Å². The number of rotatable bonds is 4. The Morgan fingerprint density at radius 3 is 2.56 bits per heavy atom. The van der Waals surface area contributed by atoms with Crippen LogP contribution in [0, 0.1) is 0 Å². The summed E-state index contributed by atoms with van der Waals surface area (Å²) in [7, 11) is 0. The molecule has 0 fully saturated rings. The molecule has 2 rings (SSSR count). The van der Waals surface area contributed by atoms with E-state index in [0.717, 1.165) is 11.3 Å². The lowest BCUT2D eigenvalue weighted by atomic mass is 10.1. The molecule has 1 heterocycles. The van der Waals surface area contributed by atoms with Crippen molar-refractivity contribution in [2.24, 2.45) is 5.73 Å². The second-order valence-electron chi connectivity index (χ2n) is 3.44. The Hall–Kier alpha value is -1.87. The van der Waals surface area contributed by atoms with E-state index in [1.54, 1.807) is 12.4 Å². The molecule has 0 aliphatic rings. The highest BCUT2D eigenvalue weighted by Crippen LogP contribution is 2.19. The first-order chi connectivity index (χ1) is 7.90. The maximum Gasteiger partial charge on any atom is 0.138 e. The molecule has 16 heavy (non-hydrogen) atoms. The topological polar surface area (TPSA) is 48.1 Å². The highest BCUT2D eigenvalue weighted by Gasteiger charge is 2.10. The largest absolute Gasteiger partial charge is 0.483 e. The zero-order valence-corrected chi connectivity index (χ0v) is 8.91. The van der Waals surface area contributed by atoms with Crippen LogP contribution in [0.1, 0.15) is 11.7 Å². The summed E-state index contributed by atoms with van der Waals surface area (Å²) >= 11 is 0. The van der Waals surface area contributed by atoms with Crippen LogP contribution in [0.25, 0.3) is 0 Å². The molecule has 1 aromatic heterocycles. The van der Waals surface area contributed by atoms with Crippen molar-refractivity contribution in [3.8, 4) is 5.75 Å². The van der Waals surface area contributed by atoms with E-state index in [1.807, 2.05) is 42.5 Å². The Kier molecular flexibility index (Phi) is 3.51. The van der Waals surface area contributed by atoms with Crippen LogP contribution in [-0.4, -0.2) is 11.5 Å². The number of pyridine rings is 1. The molecule has 0 aliphatic heterocycles. The molecule has 82 valence electrons. The Morgan fingerprint density at radius 2 is 1.94 bits per heavy atom. The van der Waals surface area contributed by atoms with Gasteiger partial charge in [0.1, 0.15) is 11.9 Å². The SMILES string of the molecule is NCC(Oc1cccnc1)c1ccccc1. The third kappa shape index (κ3) is 2.58. The quantitative estimate of drug-likeness (QED) is 0.848. The molecular formula is C13H14N2O. The van der Waals surface area contributed by atoms with Crippen LogP contribution in [0.2, 0.25) is 0 Å². The molecule has 3 heteroatoms. The van der Waals surface area contributed by atoms with E-state index in [0.29, 0.717) is 6.54 Å². The molecule has 2 N–H and O–H groups in total. The van der Waals surface area contributed by atoms with E-state index in [4.69, 9.17) is 10.5 Å². The summed E-state index contributed by atoms with van der Waals surface area (Å²) in [6.45, 7) is 0.443. The zero-order chi connectivity index (χ0) is 11.2. The molecule has 2 aromatic rings. The van der Waals surface area contributed by atoms with Crippen molar-refractivity contribution in [3.63, 3.8) is 0 Å². The molecule has 0 radical (unpaired) electrons. The van der Waals surface area contributed by atoms with Gasteiger partial charge < -0.3 is 10.5 Å². The number of hydrogen-bond acceptors (Lipinski definition) is 3. The van der Waals surface area contributed by atoms with Gasteiger partial charge in [0.25, 0.3) is 0 Å². The van der Waals surface area contributed by atoms with Gasteiger partial charge in [-0.2, -0.15) is 0 Å². The summed E-state index contributed by atoms with van der Waals surface area (Å²) in [5, 5.41) is 0. The van der Waals surface area contributed by atoms with Crippen LogP contribution in [0.4, 0.5) is 0 Å². The summed E-state index contributed by atoms with van der Waals surface area (Å²) in [6.07, 6.45) is 3.28. The molecule has 1 atom stereocenters. The monoisotopic (exact) mass is 214 g/mol. The Balaban J connectivity index is 2.13. The van der Waals surface area contributed by atoms with Gasteiger partial charge in [-0.25, -0.2) is 0 Å². The van der Waals surface area contributed by atoms with E-state index in [9.17, 15) is 0 Å². The first-order valence-electron chi connectivity index (χ1n) is 5.22. The number of nitrogens with zero attached hydrogens (tertiary/aromatic N) is 1. The minimum atomic E-state index is -0.120. The van der Waals surface area contributed by atoms with Crippen molar-refractivity contribution in [2.45, 2.75) is 6.10 Å². The van der Waals surface area contributed by atoms with Crippen LogP contribution in [-0.2, 0) is 0 Å². The lowest BCUT2D eigenvalue weighted by Gasteiger charge is -2.17. The normalized spacial score (nSPS) is 12.1. The lowest BCUT2D eigenvalue weighted by molar-refractivity contribution is 0.213. The van der Waals surface area contributed by atoms with Gasteiger partial charge in [0.15, 0.2) is 0 Å². The average molecular weight is 214 g/mol. The van der Waals surface area contributed by atoms with Gasteiger partial charge >= 0.3 is 0 Å². The molecule has 3 nitrogen and oxygen atoms in total. The summed E-state index contributed by atoms with van der Waals surface area (Å²) in [5.74, 6) is 0.738. The summed E-state index contributed by atoms with van der Waals surface area (Å²) in [5.41, 5.74) is 6.78. The van der Waals surface area contributed by atoms with Crippen molar-refractivity contribution in [3.05, 3.63) is 60.4 Å². The van der Waals surface area contributed by atoms with E-state index in [-0.39, 0.29) is 6.10 Å².